The topological polar surface area (TPSA) is 67.4 Å². The van der Waals surface area contributed by atoms with Crippen molar-refractivity contribution < 1.29 is 14.3 Å². The molecule has 1 atom stereocenters. The molecule has 0 spiro atoms. The summed E-state index contributed by atoms with van der Waals surface area (Å²) in [7, 11) is 1.60. The molecule has 1 aromatic rings. The van der Waals surface area contributed by atoms with Crippen LogP contribution in [0, 0.1) is 0 Å². The van der Waals surface area contributed by atoms with Gasteiger partial charge in [0.1, 0.15) is 5.75 Å². The van der Waals surface area contributed by atoms with Crippen molar-refractivity contribution in [3.05, 3.63) is 29.8 Å². The van der Waals surface area contributed by atoms with Crippen LogP contribution in [-0.4, -0.2) is 25.0 Å². The lowest BCUT2D eigenvalue weighted by Gasteiger charge is -2.20. The summed E-state index contributed by atoms with van der Waals surface area (Å²) in [5.41, 5.74) is 0.885. The first-order valence-electron chi connectivity index (χ1n) is 7.70. The average Bonchev–Trinajstić information content (AvgIpc) is 2.51. The molecule has 5 nitrogen and oxygen atoms in total. The molecule has 0 saturated carbocycles. The molecule has 0 aromatic heterocycles. The van der Waals surface area contributed by atoms with Crippen molar-refractivity contribution >= 4 is 11.8 Å². The molecule has 122 valence electrons. The Hall–Kier alpha value is -2.04. The Morgan fingerprint density at radius 3 is 2.14 bits per heavy atom. The highest BCUT2D eigenvalue weighted by Crippen LogP contribution is 2.20. The van der Waals surface area contributed by atoms with Crippen molar-refractivity contribution in [2.24, 2.45) is 0 Å². The van der Waals surface area contributed by atoms with Crippen molar-refractivity contribution in [1.82, 2.24) is 10.6 Å². The van der Waals surface area contributed by atoms with Gasteiger partial charge >= 0.3 is 0 Å². The lowest BCUT2D eigenvalue weighted by Crippen LogP contribution is -2.37. The normalized spacial score (nSPS) is 11.9. The van der Waals surface area contributed by atoms with Gasteiger partial charge in [0.2, 0.25) is 11.8 Å². The first-order chi connectivity index (χ1) is 10.5. The van der Waals surface area contributed by atoms with Gasteiger partial charge in [-0.25, -0.2) is 0 Å². The van der Waals surface area contributed by atoms with Gasteiger partial charge in [0.25, 0.3) is 0 Å². The molecule has 0 fully saturated rings. The largest absolute Gasteiger partial charge is 0.497 e. The predicted octanol–water partition coefficient (Wildman–Crippen LogP) is 2.57. The number of benzene rings is 1. The number of hydrogen-bond donors (Lipinski definition) is 2. The second-order valence-electron chi connectivity index (χ2n) is 5.31. The molecule has 0 radical (unpaired) electrons. The maximum absolute atomic E-state index is 12.2. The summed E-state index contributed by atoms with van der Waals surface area (Å²) in [5.74, 6) is 0.534. The minimum Gasteiger partial charge on any atom is -0.497 e. The number of rotatable bonds is 8. The lowest BCUT2D eigenvalue weighted by molar-refractivity contribution is -0.123. The molecule has 5 heteroatoms. The molecule has 1 rings (SSSR count). The highest BCUT2D eigenvalue weighted by molar-refractivity contribution is 5.79. The van der Waals surface area contributed by atoms with E-state index in [0.29, 0.717) is 0 Å². The summed E-state index contributed by atoms with van der Waals surface area (Å²) in [4.78, 5) is 23.6. The molecule has 0 aliphatic heterocycles. The number of ether oxygens (including phenoxy) is 1. The van der Waals surface area contributed by atoms with E-state index >= 15 is 0 Å². The molecule has 2 amide bonds. The van der Waals surface area contributed by atoms with E-state index in [1.54, 1.807) is 7.11 Å². The van der Waals surface area contributed by atoms with Crippen LogP contribution in [0.2, 0.25) is 0 Å². The second-order valence-corrected chi connectivity index (χ2v) is 5.31. The molecule has 2 N–H and O–H groups in total. The van der Waals surface area contributed by atoms with Gasteiger partial charge in [0.05, 0.1) is 19.6 Å². The summed E-state index contributed by atoms with van der Waals surface area (Å²) in [6.45, 7) is 5.54. The molecule has 0 saturated heterocycles. The SMILES string of the molecule is CCC(CC)NC(=O)C[C@@H](NC(C)=O)c1ccc(OC)cc1. The number of carbonyl (C=O) groups excluding carboxylic acids is 2. The standard InChI is InChI=1S/C17H26N2O3/c1-5-14(6-2)19-17(21)11-16(18-12(3)20)13-7-9-15(22-4)10-8-13/h7-10,14,16H,5-6,11H2,1-4H3,(H,18,20)(H,19,21)/t16-/m1/s1. The third-order valence-electron chi connectivity index (χ3n) is 3.64. The van der Waals surface area contributed by atoms with Crippen LogP contribution in [0.25, 0.3) is 0 Å². The minimum absolute atomic E-state index is 0.0525. The van der Waals surface area contributed by atoms with E-state index < -0.39 is 0 Å². The van der Waals surface area contributed by atoms with Crippen LogP contribution in [0.1, 0.15) is 51.6 Å². The molecule has 1 aromatic carbocycles. The van der Waals surface area contributed by atoms with Gasteiger partial charge in [-0.15, -0.1) is 0 Å². The van der Waals surface area contributed by atoms with Gasteiger partial charge in [-0.2, -0.15) is 0 Å². The fourth-order valence-corrected chi connectivity index (χ4v) is 2.30. The van der Waals surface area contributed by atoms with Crippen molar-refractivity contribution in [2.75, 3.05) is 7.11 Å². The van der Waals surface area contributed by atoms with Crippen molar-refractivity contribution in [1.29, 1.82) is 0 Å². The molecular formula is C17H26N2O3. The summed E-state index contributed by atoms with van der Waals surface area (Å²) in [5, 5.41) is 5.83. The monoisotopic (exact) mass is 306 g/mol. The fraction of sp³-hybridized carbons (Fsp3) is 0.529. The fourth-order valence-electron chi connectivity index (χ4n) is 2.30. The summed E-state index contributed by atoms with van der Waals surface area (Å²) < 4.78 is 5.13. The molecule has 0 aliphatic rings. The zero-order valence-corrected chi connectivity index (χ0v) is 13.8. The van der Waals surface area contributed by atoms with E-state index in [9.17, 15) is 9.59 Å². The Bertz CT molecular complexity index is 481. The van der Waals surface area contributed by atoms with Crippen LogP contribution in [-0.2, 0) is 9.59 Å². The van der Waals surface area contributed by atoms with Gasteiger partial charge in [-0.05, 0) is 30.5 Å². The Labute approximate surface area is 132 Å². The first kappa shape index (κ1) is 18.0. The van der Waals surface area contributed by atoms with E-state index in [2.05, 4.69) is 10.6 Å². The number of carbonyl (C=O) groups is 2. The van der Waals surface area contributed by atoms with Crippen LogP contribution in [0.3, 0.4) is 0 Å². The van der Waals surface area contributed by atoms with Crippen LogP contribution in [0.5, 0.6) is 5.75 Å². The van der Waals surface area contributed by atoms with Gasteiger partial charge in [0, 0.05) is 13.0 Å². The average molecular weight is 306 g/mol. The number of methoxy groups -OCH3 is 1. The predicted molar refractivity (Wildman–Crippen MR) is 86.7 cm³/mol. The Morgan fingerprint density at radius 2 is 1.68 bits per heavy atom. The lowest BCUT2D eigenvalue weighted by atomic mass is 10.0. The summed E-state index contributed by atoms with van der Waals surface area (Å²) in [6.07, 6.45) is 2.02. The molecule has 0 aliphatic carbocycles. The smallest absolute Gasteiger partial charge is 0.222 e. The molecule has 0 heterocycles. The maximum Gasteiger partial charge on any atom is 0.222 e. The Balaban J connectivity index is 2.79. The van der Waals surface area contributed by atoms with E-state index in [-0.39, 0.29) is 30.3 Å². The van der Waals surface area contributed by atoms with E-state index in [1.807, 2.05) is 38.1 Å². The molecular weight excluding hydrogens is 280 g/mol. The Morgan fingerprint density at radius 1 is 1.09 bits per heavy atom. The number of nitrogens with one attached hydrogen (secondary N) is 2. The van der Waals surface area contributed by atoms with Gasteiger partial charge in [0.15, 0.2) is 0 Å². The van der Waals surface area contributed by atoms with Crippen LogP contribution in [0.4, 0.5) is 0 Å². The highest BCUT2D eigenvalue weighted by Gasteiger charge is 2.18. The van der Waals surface area contributed by atoms with E-state index in [0.717, 1.165) is 24.2 Å². The third-order valence-corrected chi connectivity index (χ3v) is 3.64. The quantitative estimate of drug-likeness (QED) is 0.775. The number of amides is 2. The van der Waals surface area contributed by atoms with Crippen LogP contribution in [0.15, 0.2) is 24.3 Å². The van der Waals surface area contributed by atoms with Crippen LogP contribution >= 0.6 is 0 Å². The van der Waals surface area contributed by atoms with Crippen LogP contribution < -0.4 is 15.4 Å². The minimum atomic E-state index is -0.335. The van der Waals surface area contributed by atoms with Gasteiger partial charge in [-0.3, -0.25) is 9.59 Å². The summed E-state index contributed by atoms with van der Waals surface area (Å²) >= 11 is 0. The molecule has 0 bridgehead atoms. The van der Waals surface area contributed by atoms with Gasteiger partial charge in [-0.1, -0.05) is 26.0 Å². The number of hydrogen-bond acceptors (Lipinski definition) is 3. The van der Waals surface area contributed by atoms with E-state index in [4.69, 9.17) is 4.74 Å². The molecule has 22 heavy (non-hydrogen) atoms. The first-order valence-corrected chi connectivity index (χ1v) is 7.70. The highest BCUT2D eigenvalue weighted by atomic mass is 16.5. The molecule has 0 unspecified atom stereocenters. The van der Waals surface area contributed by atoms with Crippen molar-refractivity contribution in [2.45, 2.75) is 52.1 Å². The van der Waals surface area contributed by atoms with Crippen molar-refractivity contribution in [3.63, 3.8) is 0 Å². The third kappa shape index (κ3) is 5.76. The van der Waals surface area contributed by atoms with Gasteiger partial charge < -0.3 is 15.4 Å². The second kappa shape index (κ2) is 9.07. The Kier molecular flexibility index (Phi) is 7.43. The van der Waals surface area contributed by atoms with E-state index in [1.165, 1.54) is 6.92 Å². The maximum atomic E-state index is 12.2. The summed E-state index contributed by atoms with van der Waals surface area (Å²) in [6, 6.07) is 7.22. The van der Waals surface area contributed by atoms with Crippen molar-refractivity contribution in [3.8, 4) is 5.75 Å². The zero-order chi connectivity index (χ0) is 16.5. The zero-order valence-electron chi connectivity index (χ0n) is 13.8.